The second kappa shape index (κ2) is 8.30. The number of fused-ring (bicyclic) bond motifs is 2. The molecular weight excluding hydrogens is 416 g/mol. The van der Waals surface area contributed by atoms with Crippen LogP contribution in [0.5, 0.6) is 0 Å². The maximum Gasteiger partial charge on any atom is 0.337 e. The monoisotopic (exact) mass is 435 g/mol. The summed E-state index contributed by atoms with van der Waals surface area (Å²) in [5, 5.41) is 20.0. The van der Waals surface area contributed by atoms with Crippen molar-refractivity contribution < 1.29 is 37.9 Å². The summed E-state index contributed by atoms with van der Waals surface area (Å²) in [5.74, 6) is 0.242. The highest BCUT2D eigenvalue weighted by Crippen LogP contribution is 2.31. The first kappa shape index (κ1) is 20.7. The van der Waals surface area contributed by atoms with Crippen LogP contribution in [0.15, 0.2) is 57.5 Å². The molecule has 1 fully saturated rings. The third kappa shape index (κ3) is 3.81. The molecule has 0 unspecified atom stereocenters. The lowest BCUT2D eigenvalue weighted by Gasteiger charge is -2.19. The van der Waals surface area contributed by atoms with Crippen LogP contribution in [0.2, 0.25) is 0 Å². The third-order valence-electron chi connectivity index (χ3n) is 5.00. The van der Waals surface area contributed by atoms with Gasteiger partial charge in [-0.15, -0.1) is 0 Å². The van der Waals surface area contributed by atoms with Crippen molar-refractivity contribution in [3.8, 4) is 0 Å². The fraction of sp³-hybridized carbons (Fsp3) is 0.368. The first-order chi connectivity index (χ1) is 14.9. The molecule has 0 spiro atoms. The number of amides is 1. The Morgan fingerprint density at radius 1 is 1.48 bits per heavy atom. The standard InChI is InChI=1S/C19H19F2N5O5/c1-10(19(28)24-29)22-11-2-3-12-14(6-11)30-5-4-25-7-15(23-18(12)25)26-13(17(20)21)9-31-16(26)8-27/h2-3,6-8,10,13,17H,4-5,9H2,1H3,(H2-,22,23,24,27,28,29)/t10-,13-/m0/s1. The number of carbonyl (C=O) groups excluding carboxylic acids is 1. The lowest BCUT2D eigenvalue weighted by Crippen LogP contribution is -2.41. The number of aliphatic imine (C=N–C) groups is 2. The molecule has 10 nitrogen and oxygen atoms in total. The van der Waals surface area contributed by atoms with E-state index < -0.39 is 24.4 Å². The Balaban J connectivity index is 1.70. The van der Waals surface area contributed by atoms with Crippen LogP contribution in [0.25, 0.3) is 0 Å². The number of nitrogens with one attached hydrogen (secondary N) is 1. The van der Waals surface area contributed by atoms with Gasteiger partial charge >= 0.3 is 5.82 Å². The molecule has 1 saturated heterocycles. The summed E-state index contributed by atoms with van der Waals surface area (Å²) in [7, 11) is 0. The van der Waals surface area contributed by atoms with E-state index in [4.69, 9.17) is 14.7 Å². The first-order valence-electron chi connectivity index (χ1n) is 9.44. The minimum absolute atomic E-state index is 0.176. The summed E-state index contributed by atoms with van der Waals surface area (Å²) in [5.41, 5.74) is 2.60. The summed E-state index contributed by atoms with van der Waals surface area (Å²) in [6, 6.07) is -2.13. The number of nitrogens with zero attached hydrogens (tertiary/aromatic N) is 4. The third-order valence-corrected chi connectivity index (χ3v) is 5.00. The predicted molar refractivity (Wildman–Crippen MR) is 101 cm³/mol. The van der Waals surface area contributed by atoms with Crippen molar-refractivity contribution in [2.24, 2.45) is 9.98 Å². The van der Waals surface area contributed by atoms with Crippen LogP contribution in [-0.4, -0.2) is 76.6 Å². The summed E-state index contributed by atoms with van der Waals surface area (Å²) in [6.45, 7) is 1.90. The molecule has 164 valence electrons. The van der Waals surface area contributed by atoms with E-state index >= 15 is 0 Å². The average Bonchev–Trinajstić information content (AvgIpc) is 3.33. The Morgan fingerprint density at radius 3 is 3.00 bits per heavy atom. The van der Waals surface area contributed by atoms with E-state index in [0.717, 1.165) is 4.90 Å². The second-order valence-corrected chi connectivity index (χ2v) is 6.97. The van der Waals surface area contributed by atoms with E-state index in [1.165, 1.54) is 6.92 Å². The summed E-state index contributed by atoms with van der Waals surface area (Å²) in [4.78, 5) is 21.3. The lowest BCUT2D eigenvalue weighted by molar-refractivity contribution is -0.470. The topological polar surface area (TPSA) is 122 Å². The second-order valence-electron chi connectivity index (χ2n) is 6.97. The van der Waals surface area contributed by atoms with E-state index in [2.05, 4.69) is 9.98 Å². The number of ether oxygens (including phenoxy) is 2. The lowest BCUT2D eigenvalue weighted by atomic mass is 10.1. The molecule has 0 aromatic carbocycles. The van der Waals surface area contributed by atoms with Gasteiger partial charge in [0.15, 0.2) is 12.1 Å². The van der Waals surface area contributed by atoms with E-state index in [1.807, 2.05) is 0 Å². The van der Waals surface area contributed by atoms with Crippen LogP contribution >= 0.6 is 0 Å². The van der Waals surface area contributed by atoms with Crippen molar-refractivity contribution in [3.05, 3.63) is 47.5 Å². The van der Waals surface area contributed by atoms with Gasteiger partial charge in [-0.25, -0.2) is 18.8 Å². The number of hydrogen-bond acceptors (Lipinski definition) is 8. The molecule has 0 radical (unpaired) electrons. The number of alkyl halides is 2. The van der Waals surface area contributed by atoms with Gasteiger partial charge in [0.1, 0.15) is 43.2 Å². The minimum atomic E-state index is -2.73. The molecule has 0 aromatic heterocycles. The molecular formula is C19H19F2N5O5. The average molecular weight is 435 g/mol. The molecule has 0 bridgehead atoms. The molecule has 2 N–H and O–H groups in total. The zero-order chi connectivity index (χ0) is 22.1. The van der Waals surface area contributed by atoms with Gasteiger partial charge in [0.2, 0.25) is 0 Å². The molecule has 3 heterocycles. The van der Waals surface area contributed by atoms with Gasteiger partial charge in [0.05, 0.1) is 5.71 Å². The summed E-state index contributed by atoms with van der Waals surface area (Å²) in [6.07, 6.45) is 4.22. The van der Waals surface area contributed by atoms with Gasteiger partial charge in [-0.1, -0.05) is 6.26 Å². The van der Waals surface area contributed by atoms with Gasteiger partial charge in [0, 0.05) is 6.08 Å². The van der Waals surface area contributed by atoms with Gasteiger partial charge in [0.25, 0.3) is 18.2 Å². The summed E-state index contributed by atoms with van der Waals surface area (Å²) < 4.78 is 39.5. The number of halogens is 2. The van der Waals surface area contributed by atoms with Crippen LogP contribution in [-0.2, 0) is 14.3 Å². The molecule has 31 heavy (non-hydrogen) atoms. The Hall–Kier alpha value is -3.54. The van der Waals surface area contributed by atoms with Gasteiger partial charge in [-0.3, -0.25) is 19.9 Å². The fourth-order valence-corrected chi connectivity index (χ4v) is 3.47. The molecule has 4 rings (SSSR count). The fourth-order valence-electron chi connectivity index (χ4n) is 3.47. The van der Waals surface area contributed by atoms with Crippen LogP contribution < -0.4 is 10.6 Å². The molecule has 4 aliphatic rings. The van der Waals surface area contributed by atoms with E-state index in [0.29, 0.717) is 35.7 Å². The molecule has 2 atom stereocenters. The molecule has 0 saturated carbocycles. The Morgan fingerprint density at radius 2 is 2.29 bits per heavy atom. The van der Waals surface area contributed by atoms with Gasteiger partial charge in [-0.2, -0.15) is 0 Å². The largest absolute Gasteiger partial charge is 0.874 e. The number of allylic oxidation sites excluding steroid dienone is 3. The van der Waals surface area contributed by atoms with Crippen LogP contribution in [0, 0.1) is 0 Å². The SMILES string of the molecule is C[C@H](N=C1C=CC2=C3N=C(N4C(=C[O-])OC[C@H]4C(F)F)C=[N+]3CCOC2=C1)C(=O)NO. The Labute approximate surface area is 175 Å². The Bertz CT molecular complexity index is 1010. The molecule has 1 amide bonds. The number of amidine groups is 1. The van der Waals surface area contributed by atoms with Crippen LogP contribution in [0.1, 0.15) is 6.92 Å². The molecule has 1 aliphatic carbocycles. The van der Waals surface area contributed by atoms with Crippen LogP contribution in [0.3, 0.4) is 0 Å². The van der Waals surface area contributed by atoms with Gasteiger partial charge in [-0.05, 0) is 24.1 Å². The molecule has 0 aromatic rings. The smallest absolute Gasteiger partial charge is 0.337 e. The Kier molecular flexibility index (Phi) is 5.55. The molecule has 12 heteroatoms. The van der Waals surface area contributed by atoms with Crippen molar-refractivity contribution in [3.63, 3.8) is 0 Å². The van der Waals surface area contributed by atoms with E-state index in [-0.39, 0.29) is 24.9 Å². The van der Waals surface area contributed by atoms with Gasteiger partial charge < -0.3 is 14.6 Å². The highest BCUT2D eigenvalue weighted by molar-refractivity contribution is 6.29. The van der Waals surface area contributed by atoms with Crippen molar-refractivity contribution in [2.75, 3.05) is 19.8 Å². The number of hydroxylamine groups is 1. The van der Waals surface area contributed by atoms with Crippen molar-refractivity contribution in [2.45, 2.75) is 25.4 Å². The normalized spacial score (nSPS) is 26.0. The quantitative estimate of drug-likeness (QED) is 0.270. The molecule has 3 aliphatic heterocycles. The maximum absolute atomic E-state index is 13.4. The van der Waals surface area contributed by atoms with Crippen molar-refractivity contribution >= 4 is 23.7 Å². The first-order valence-corrected chi connectivity index (χ1v) is 9.44. The van der Waals surface area contributed by atoms with E-state index in [9.17, 15) is 18.7 Å². The van der Waals surface area contributed by atoms with Crippen molar-refractivity contribution in [1.82, 2.24) is 10.4 Å². The predicted octanol–water partition coefficient (Wildman–Crippen LogP) is -0.363. The zero-order valence-corrected chi connectivity index (χ0v) is 16.4. The highest BCUT2D eigenvalue weighted by Gasteiger charge is 2.44. The summed E-state index contributed by atoms with van der Waals surface area (Å²) >= 11 is 0. The number of rotatable bonds is 3. The maximum atomic E-state index is 13.4. The zero-order valence-electron chi connectivity index (χ0n) is 16.4. The number of carbonyl (C=O) groups is 1. The van der Waals surface area contributed by atoms with E-state index in [1.54, 1.807) is 34.5 Å². The highest BCUT2D eigenvalue weighted by atomic mass is 19.3. The van der Waals surface area contributed by atoms with Crippen molar-refractivity contribution in [1.29, 1.82) is 0 Å². The number of hydrogen-bond donors (Lipinski definition) is 2. The minimum Gasteiger partial charge on any atom is -0.874 e. The van der Waals surface area contributed by atoms with Crippen LogP contribution in [0.4, 0.5) is 8.78 Å².